The molecule has 1 aromatic carbocycles. The second-order valence-corrected chi connectivity index (χ2v) is 9.68. The Morgan fingerprint density at radius 3 is 2.69 bits per heavy atom. The number of alkyl halides is 2. The van der Waals surface area contributed by atoms with E-state index in [1.165, 1.54) is 11.8 Å². The highest BCUT2D eigenvalue weighted by Crippen LogP contribution is 2.39. The molecule has 2 aliphatic rings. The number of rotatable bonds is 7. The Hall–Kier alpha value is -2.07. The number of ether oxygens (including phenoxy) is 2. The number of amides is 1. The number of aromatic nitrogens is 1. The summed E-state index contributed by atoms with van der Waals surface area (Å²) in [5, 5.41) is 3.21. The van der Waals surface area contributed by atoms with Gasteiger partial charge in [0, 0.05) is 25.9 Å². The number of thiazole rings is 1. The molecule has 1 saturated heterocycles. The maximum atomic E-state index is 15.1. The second-order valence-electron chi connectivity index (χ2n) is 8.70. The van der Waals surface area contributed by atoms with Gasteiger partial charge in [-0.15, -0.1) is 0 Å². The summed E-state index contributed by atoms with van der Waals surface area (Å²) < 4.78 is 54.3. The van der Waals surface area contributed by atoms with Gasteiger partial charge in [-0.3, -0.25) is 4.79 Å². The zero-order valence-electron chi connectivity index (χ0n) is 18.2. The molecule has 32 heavy (non-hydrogen) atoms. The number of carbonyl (C=O) groups excluding carboxylic acids is 1. The van der Waals surface area contributed by atoms with E-state index in [0.717, 1.165) is 37.0 Å². The molecule has 1 aliphatic heterocycles. The van der Waals surface area contributed by atoms with Gasteiger partial charge < -0.3 is 19.7 Å². The summed E-state index contributed by atoms with van der Waals surface area (Å²) in [7, 11) is 0. The third kappa shape index (κ3) is 5.46. The van der Waals surface area contributed by atoms with E-state index in [1.807, 2.05) is 6.92 Å². The fourth-order valence-electron chi connectivity index (χ4n) is 4.22. The van der Waals surface area contributed by atoms with Crippen LogP contribution in [-0.2, 0) is 9.53 Å². The lowest BCUT2D eigenvalue weighted by molar-refractivity contribution is -0.120. The molecule has 176 valence electrons. The van der Waals surface area contributed by atoms with Crippen molar-refractivity contribution in [1.82, 2.24) is 10.3 Å². The first kappa shape index (κ1) is 23.1. The zero-order valence-corrected chi connectivity index (χ0v) is 19.0. The molecule has 4 rings (SSSR count). The first-order valence-corrected chi connectivity index (χ1v) is 11.8. The Labute approximate surface area is 189 Å². The predicted octanol–water partition coefficient (Wildman–Crippen LogP) is 4.51. The molecule has 1 aromatic heterocycles. The number of nitrogens with one attached hydrogen (secondary N) is 1. The van der Waals surface area contributed by atoms with Crippen LogP contribution in [0.3, 0.4) is 0 Å². The average molecular weight is 472 g/mol. The molecule has 0 unspecified atom stereocenters. The Morgan fingerprint density at radius 2 is 2.03 bits per heavy atom. The Kier molecular flexibility index (Phi) is 6.80. The van der Waals surface area contributed by atoms with Crippen molar-refractivity contribution >= 4 is 32.6 Å². The van der Waals surface area contributed by atoms with Crippen LogP contribution < -0.4 is 15.0 Å². The van der Waals surface area contributed by atoms with Gasteiger partial charge in [0.25, 0.3) is 5.92 Å². The van der Waals surface area contributed by atoms with Crippen molar-refractivity contribution in [1.29, 1.82) is 0 Å². The van der Waals surface area contributed by atoms with Gasteiger partial charge in [0.05, 0.1) is 35.6 Å². The topological polar surface area (TPSA) is 63.7 Å². The van der Waals surface area contributed by atoms with Gasteiger partial charge in [0.15, 0.2) is 16.7 Å². The van der Waals surface area contributed by atoms with Crippen LogP contribution >= 0.6 is 11.3 Å². The monoisotopic (exact) mass is 471 g/mol. The Morgan fingerprint density at radius 1 is 1.31 bits per heavy atom. The fourth-order valence-corrected chi connectivity index (χ4v) is 5.24. The standard InChI is InChI=1S/C22H28F3N3O3S/c1-13(26-14(2)29)11-30-15-3-5-16(6-4-15)31-18-8-7-17-20(19(18)23)32-21(27-17)28-10-9-22(24,25)12-28/h7-8,13,15-16H,3-6,9-12H2,1-2H3,(H,26,29)/t13-,15-,16-/m0/s1. The number of hydrogen-bond donors (Lipinski definition) is 1. The number of fused-ring (bicyclic) bond motifs is 1. The molecule has 2 aromatic rings. The Bertz CT molecular complexity index is 963. The molecule has 1 aliphatic carbocycles. The normalized spacial score (nSPS) is 24.0. The molecule has 1 amide bonds. The van der Waals surface area contributed by atoms with Gasteiger partial charge >= 0.3 is 0 Å². The second kappa shape index (κ2) is 9.43. The highest BCUT2D eigenvalue weighted by Gasteiger charge is 2.39. The average Bonchev–Trinajstić information content (AvgIpc) is 3.32. The van der Waals surface area contributed by atoms with Crippen molar-refractivity contribution in [3.8, 4) is 5.75 Å². The van der Waals surface area contributed by atoms with Crippen LogP contribution in [0, 0.1) is 5.82 Å². The summed E-state index contributed by atoms with van der Waals surface area (Å²) in [5.41, 5.74) is 0.454. The van der Waals surface area contributed by atoms with E-state index in [1.54, 1.807) is 12.1 Å². The summed E-state index contributed by atoms with van der Waals surface area (Å²) in [6.45, 7) is 3.67. The third-order valence-corrected chi connectivity index (χ3v) is 6.96. The van der Waals surface area contributed by atoms with Crippen molar-refractivity contribution in [3.63, 3.8) is 0 Å². The van der Waals surface area contributed by atoms with E-state index in [4.69, 9.17) is 9.47 Å². The molecule has 0 bridgehead atoms. The summed E-state index contributed by atoms with van der Waals surface area (Å²) in [6, 6.07) is 3.20. The summed E-state index contributed by atoms with van der Waals surface area (Å²) in [4.78, 5) is 16.9. The van der Waals surface area contributed by atoms with E-state index in [2.05, 4.69) is 10.3 Å². The minimum Gasteiger partial charge on any atom is -0.487 e. The molecular formula is C22H28F3N3O3S. The summed E-state index contributed by atoms with van der Waals surface area (Å²) in [5.74, 6) is -3.12. The van der Waals surface area contributed by atoms with Gasteiger partial charge in [-0.05, 0) is 44.7 Å². The number of carbonyl (C=O) groups is 1. The highest BCUT2D eigenvalue weighted by atomic mass is 32.1. The number of nitrogens with zero attached hydrogens (tertiary/aromatic N) is 2. The maximum Gasteiger partial charge on any atom is 0.267 e. The minimum atomic E-state index is -2.73. The Balaban J connectivity index is 1.33. The number of benzene rings is 1. The molecule has 2 heterocycles. The van der Waals surface area contributed by atoms with Gasteiger partial charge in [0.1, 0.15) is 0 Å². The van der Waals surface area contributed by atoms with E-state index < -0.39 is 11.7 Å². The lowest BCUT2D eigenvalue weighted by atomic mass is 9.95. The quantitative estimate of drug-likeness (QED) is 0.644. The van der Waals surface area contributed by atoms with Crippen molar-refractivity contribution < 1.29 is 27.4 Å². The maximum absolute atomic E-state index is 15.1. The molecule has 1 N–H and O–H groups in total. The minimum absolute atomic E-state index is 0.0432. The van der Waals surface area contributed by atoms with Crippen molar-refractivity contribution in [2.24, 2.45) is 0 Å². The first-order valence-electron chi connectivity index (χ1n) is 11.0. The first-order chi connectivity index (χ1) is 15.2. The zero-order chi connectivity index (χ0) is 22.9. The van der Waals surface area contributed by atoms with Gasteiger partial charge in [0.2, 0.25) is 5.91 Å². The van der Waals surface area contributed by atoms with Gasteiger partial charge in [-0.1, -0.05) is 11.3 Å². The molecule has 1 saturated carbocycles. The van der Waals surface area contributed by atoms with Crippen LogP contribution in [0.2, 0.25) is 0 Å². The molecule has 10 heteroatoms. The van der Waals surface area contributed by atoms with Crippen LogP contribution in [-0.4, -0.2) is 54.8 Å². The van der Waals surface area contributed by atoms with Crippen LogP contribution in [0.15, 0.2) is 12.1 Å². The lowest BCUT2D eigenvalue weighted by Crippen LogP contribution is -2.36. The number of halogens is 3. The number of anilines is 1. The third-order valence-electron chi connectivity index (χ3n) is 5.84. The van der Waals surface area contributed by atoms with E-state index in [-0.39, 0.29) is 49.4 Å². The summed E-state index contributed by atoms with van der Waals surface area (Å²) >= 11 is 1.09. The molecule has 0 spiro atoms. The lowest BCUT2D eigenvalue weighted by Gasteiger charge is -2.30. The van der Waals surface area contributed by atoms with Crippen LogP contribution in [0.4, 0.5) is 18.3 Å². The SMILES string of the molecule is CC(=O)N[C@@H](C)CO[C@H]1CC[C@H](Oc2ccc3nc(N4CCC(F)(F)C4)sc3c2F)CC1. The molecule has 2 fully saturated rings. The van der Waals surface area contributed by atoms with Crippen LogP contribution in [0.1, 0.15) is 46.0 Å². The molecule has 0 radical (unpaired) electrons. The molecular weight excluding hydrogens is 443 g/mol. The number of hydrogen-bond acceptors (Lipinski definition) is 6. The smallest absolute Gasteiger partial charge is 0.267 e. The molecule has 6 nitrogen and oxygen atoms in total. The van der Waals surface area contributed by atoms with E-state index in [0.29, 0.717) is 22.0 Å². The van der Waals surface area contributed by atoms with Crippen molar-refractivity contribution in [3.05, 3.63) is 17.9 Å². The van der Waals surface area contributed by atoms with Crippen LogP contribution in [0.5, 0.6) is 5.75 Å². The van der Waals surface area contributed by atoms with Gasteiger partial charge in [-0.2, -0.15) is 0 Å². The summed E-state index contributed by atoms with van der Waals surface area (Å²) in [6.07, 6.45) is 2.86. The van der Waals surface area contributed by atoms with Gasteiger partial charge in [-0.25, -0.2) is 18.2 Å². The molecule has 1 atom stereocenters. The van der Waals surface area contributed by atoms with Crippen molar-refractivity contribution in [2.75, 3.05) is 24.6 Å². The van der Waals surface area contributed by atoms with E-state index in [9.17, 15) is 13.6 Å². The fraction of sp³-hybridized carbons (Fsp3) is 0.636. The van der Waals surface area contributed by atoms with Crippen LogP contribution in [0.25, 0.3) is 10.2 Å². The highest BCUT2D eigenvalue weighted by molar-refractivity contribution is 7.22. The van der Waals surface area contributed by atoms with E-state index >= 15 is 4.39 Å². The van der Waals surface area contributed by atoms with Crippen molar-refractivity contribution in [2.45, 2.75) is 70.1 Å². The largest absolute Gasteiger partial charge is 0.487 e. The predicted molar refractivity (Wildman–Crippen MR) is 117 cm³/mol.